The topological polar surface area (TPSA) is 19.6 Å². The van der Waals surface area contributed by atoms with E-state index in [0.717, 1.165) is 50.3 Å². The summed E-state index contributed by atoms with van der Waals surface area (Å²) in [6.07, 6.45) is 6.43. The number of furan rings is 1. The molecular formula is C66H52N2O. The molecule has 3 nitrogen and oxygen atoms in total. The highest BCUT2D eigenvalue weighted by Gasteiger charge is 2.24. The number of anilines is 6. The van der Waals surface area contributed by atoms with Crippen LogP contribution in [-0.4, -0.2) is 0 Å². The summed E-state index contributed by atoms with van der Waals surface area (Å²) in [6.45, 7) is 0. The summed E-state index contributed by atoms with van der Waals surface area (Å²) in [5, 5.41) is 2.24. The predicted octanol–water partition coefficient (Wildman–Crippen LogP) is 19.2. The number of fused-ring (bicyclic) bond motifs is 3. The largest absolute Gasteiger partial charge is 0.456 e. The molecule has 0 saturated heterocycles. The number of rotatable bonds is 11. The van der Waals surface area contributed by atoms with E-state index < -0.39 is 0 Å². The number of nitrogens with zero attached hydrogens (tertiary/aromatic N) is 2. The first-order chi connectivity index (χ1) is 34.2. The summed E-state index contributed by atoms with van der Waals surface area (Å²) in [7, 11) is 0. The quantitative estimate of drug-likeness (QED) is 0.129. The van der Waals surface area contributed by atoms with Crippen LogP contribution in [0.15, 0.2) is 253 Å². The van der Waals surface area contributed by atoms with E-state index in [1.807, 2.05) is 12.1 Å². The average Bonchev–Trinajstić information content (AvgIpc) is 3.81. The smallest absolute Gasteiger partial charge is 0.137 e. The van der Waals surface area contributed by atoms with Gasteiger partial charge >= 0.3 is 0 Å². The van der Waals surface area contributed by atoms with Crippen molar-refractivity contribution in [1.29, 1.82) is 0 Å². The summed E-state index contributed by atoms with van der Waals surface area (Å²) in [6, 6.07) is 90.2. The van der Waals surface area contributed by atoms with Crippen LogP contribution in [0.1, 0.15) is 43.6 Å². The number of para-hydroxylation sites is 4. The predicted molar refractivity (Wildman–Crippen MR) is 291 cm³/mol. The van der Waals surface area contributed by atoms with E-state index >= 15 is 0 Å². The van der Waals surface area contributed by atoms with Crippen molar-refractivity contribution >= 4 is 56.1 Å². The lowest BCUT2D eigenvalue weighted by atomic mass is 9.83. The Bertz CT molecular complexity index is 3500. The maximum absolute atomic E-state index is 6.39. The molecule has 1 saturated carbocycles. The van der Waals surface area contributed by atoms with Gasteiger partial charge in [-0.1, -0.05) is 177 Å². The Morgan fingerprint density at radius 3 is 1.30 bits per heavy atom. The van der Waals surface area contributed by atoms with E-state index in [-0.39, 0.29) is 0 Å². The van der Waals surface area contributed by atoms with Crippen molar-refractivity contribution in [2.75, 3.05) is 9.80 Å². The lowest BCUT2D eigenvalue weighted by Gasteiger charge is -2.31. The third kappa shape index (κ3) is 8.27. The summed E-state index contributed by atoms with van der Waals surface area (Å²) in [5.74, 6) is 0.571. The second-order valence-corrected chi connectivity index (χ2v) is 18.3. The molecule has 1 aliphatic rings. The maximum atomic E-state index is 6.39. The zero-order valence-electron chi connectivity index (χ0n) is 38.6. The van der Waals surface area contributed by atoms with Crippen molar-refractivity contribution in [2.45, 2.75) is 38.0 Å². The number of hydrogen-bond acceptors (Lipinski definition) is 3. The summed E-state index contributed by atoms with van der Waals surface area (Å²) >= 11 is 0. The molecule has 12 rings (SSSR count). The lowest BCUT2D eigenvalue weighted by Crippen LogP contribution is -2.15. The second kappa shape index (κ2) is 18.7. The van der Waals surface area contributed by atoms with Crippen molar-refractivity contribution in [3.63, 3.8) is 0 Å². The van der Waals surface area contributed by atoms with Gasteiger partial charge < -0.3 is 14.2 Å². The number of hydrogen-bond donors (Lipinski definition) is 0. The third-order valence-corrected chi connectivity index (χ3v) is 14.1. The van der Waals surface area contributed by atoms with Crippen molar-refractivity contribution in [3.05, 3.63) is 254 Å². The van der Waals surface area contributed by atoms with Gasteiger partial charge in [0.15, 0.2) is 0 Å². The molecular weight excluding hydrogens is 837 g/mol. The first kappa shape index (κ1) is 42.0. The molecule has 0 unspecified atom stereocenters. The summed E-state index contributed by atoms with van der Waals surface area (Å²) < 4.78 is 6.39. The molecule has 69 heavy (non-hydrogen) atoms. The van der Waals surface area contributed by atoms with E-state index in [4.69, 9.17) is 4.42 Å². The minimum atomic E-state index is 0.571. The fourth-order valence-corrected chi connectivity index (χ4v) is 10.7. The Kier molecular flexibility index (Phi) is 11.4. The van der Waals surface area contributed by atoms with Crippen LogP contribution in [0.4, 0.5) is 34.1 Å². The molecule has 1 heterocycles. The van der Waals surface area contributed by atoms with Gasteiger partial charge in [0.1, 0.15) is 11.2 Å². The Labute approximate surface area is 405 Å². The van der Waals surface area contributed by atoms with Gasteiger partial charge in [-0.2, -0.15) is 0 Å². The van der Waals surface area contributed by atoms with E-state index in [1.165, 1.54) is 88.0 Å². The van der Waals surface area contributed by atoms with E-state index in [2.05, 4.69) is 246 Å². The molecule has 0 spiro atoms. The van der Waals surface area contributed by atoms with Gasteiger partial charge in [-0.15, -0.1) is 0 Å². The minimum Gasteiger partial charge on any atom is -0.456 e. The first-order valence-corrected chi connectivity index (χ1v) is 24.4. The Hall–Kier alpha value is -8.40. The SMILES string of the molecule is c1ccc(-c2cc(-c3ccc(N(c4ccccc4)c4ccccc4C4CCCCC4)cc3)c(-c3ccccc3)cc2-c2ccc(N(c3ccccc3)c3ccc4c(c3)oc3ccccc34)cc2)cc1. The van der Waals surface area contributed by atoms with Gasteiger partial charge in [-0.25, -0.2) is 0 Å². The molecule has 11 aromatic rings. The van der Waals surface area contributed by atoms with Crippen LogP contribution in [-0.2, 0) is 0 Å². The van der Waals surface area contributed by atoms with E-state index in [9.17, 15) is 0 Å². The van der Waals surface area contributed by atoms with Crippen LogP contribution >= 0.6 is 0 Å². The van der Waals surface area contributed by atoms with Crippen molar-refractivity contribution < 1.29 is 4.42 Å². The van der Waals surface area contributed by atoms with E-state index in [1.54, 1.807) is 0 Å². The minimum absolute atomic E-state index is 0.571. The van der Waals surface area contributed by atoms with Gasteiger partial charge in [-0.05, 0) is 154 Å². The van der Waals surface area contributed by atoms with Crippen LogP contribution < -0.4 is 9.80 Å². The molecule has 0 radical (unpaired) electrons. The third-order valence-electron chi connectivity index (χ3n) is 14.1. The van der Waals surface area contributed by atoms with Crippen molar-refractivity contribution in [3.8, 4) is 44.5 Å². The molecule has 3 heteroatoms. The second-order valence-electron chi connectivity index (χ2n) is 18.3. The molecule has 0 atom stereocenters. The van der Waals surface area contributed by atoms with Crippen LogP contribution in [0.3, 0.4) is 0 Å². The lowest BCUT2D eigenvalue weighted by molar-refractivity contribution is 0.444. The highest BCUT2D eigenvalue weighted by atomic mass is 16.3. The van der Waals surface area contributed by atoms with Crippen LogP contribution in [0.5, 0.6) is 0 Å². The van der Waals surface area contributed by atoms with Crippen molar-refractivity contribution in [1.82, 2.24) is 0 Å². The fourth-order valence-electron chi connectivity index (χ4n) is 10.7. The molecule has 10 aromatic carbocycles. The molecule has 0 N–H and O–H groups in total. The highest BCUT2D eigenvalue weighted by Crippen LogP contribution is 2.47. The molecule has 0 amide bonds. The van der Waals surface area contributed by atoms with Gasteiger partial charge in [0.25, 0.3) is 0 Å². The van der Waals surface area contributed by atoms with Crippen LogP contribution in [0.25, 0.3) is 66.4 Å². The maximum Gasteiger partial charge on any atom is 0.137 e. The average molecular weight is 889 g/mol. The molecule has 0 bridgehead atoms. The number of benzene rings is 10. The Morgan fingerprint density at radius 2 is 0.725 bits per heavy atom. The summed E-state index contributed by atoms with van der Waals surface area (Å²) in [5.41, 5.74) is 19.4. The molecule has 1 fully saturated rings. The Morgan fingerprint density at radius 1 is 0.304 bits per heavy atom. The van der Waals surface area contributed by atoms with Crippen LogP contribution in [0.2, 0.25) is 0 Å². The highest BCUT2D eigenvalue weighted by molar-refractivity contribution is 6.06. The zero-order valence-corrected chi connectivity index (χ0v) is 38.6. The molecule has 1 aliphatic carbocycles. The molecule has 1 aromatic heterocycles. The molecule has 0 aliphatic heterocycles. The van der Waals surface area contributed by atoms with Gasteiger partial charge in [0, 0.05) is 51.0 Å². The van der Waals surface area contributed by atoms with E-state index in [0.29, 0.717) is 5.92 Å². The first-order valence-electron chi connectivity index (χ1n) is 24.4. The van der Waals surface area contributed by atoms with Gasteiger partial charge in [-0.3, -0.25) is 0 Å². The molecule has 332 valence electrons. The normalized spacial score (nSPS) is 12.9. The Balaban J connectivity index is 0.967. The van der Waals surface area contributed by atoms with Gasteiger partial charge in [0.05, 0.1) is 0 Å². The van der Waals surface area contributed by atoms with Crippen LogP contribution in [0, 0.1) is 0 Å². The zero-order chi connectivity index (χ0) is 45.9. The monoisotopic (exact) mass is 888 g/mol. The standard InChI is InChI=1S/C66H52N2O/c1-6-20-47(21-7-1)57-30-16-18-32-64(57)68(53-28-14-5-15-29-53)55-40-36-51(37-41-55)63-46-60(48-22-8-2-9-23-48)62(45-61(63)49-24-10-3-11-25-49)50-34-38-54(39-35-50)67(52-26-12-4-13-27-52)56-42-43-59-58-31-17-19-33-65(58)69-66(59)44-56/h2-5,8-19,22-47H,1,6-7,20-21H2. The van der Waals surface area contributed by atoms with Gasteiger partial charge in [0.2, 0.25) is 0 Å². The van der Waals surface area contributed by atoms with Crippen molar-refractivity contribution in [2.24, 2.45) is 0 Å². The summed E-state index contributed by atoms with van der Waals surface area (Å²) in [4.78, 5) is 4.77. The fraction of sp³-hybridized carbons (Fsp3) is 0.0909.